The molecule has 2 heterocycles. The van der Waals surface area contributed by atoms with E-state index in [9.17, 15) is 0 Å². The third kappa shape index (κ3) is 4.69. The average molecular weight is 305 g/mol. The fraction of sp³-hybridized carbons (Fsp3) is 0.375. The van der Waals surface area contributed by atoms with Gasteiger partial charge >= 0.3 is 0 Å². The second kappa shape index (κ2) is 7.96. The molecule has 0 saturated carbocycles. The molecule has 0 aliphatic heterocycles. The second-order valence-corrected chi connectivity index (χ2v) is 5.35. The van der Waals surface area contributed by atoms with Crippen LogP contribution in [0.1, 0.15) is 18.1 Å². The summed E-state index contributed by atoms with van der Waals surface area (Å²) in [5, 5.41) is 4.00. The number of hydrogen-bond donors (Lipinski definition) is 1. The molecule has 0 saturated heterocycles. The van der Waals surface area contributed by atoms with Crippen molar-refractivity contribution in [2.24, 2.45) is 0 Å². The van der Waals surface area contributed by atoms with Gasteiger partial charge in [0.15, 0.2) is 0 Å². The molecule has 0 atom stereocenters. The Morgan fingerprint density at radius 1 is 1.29 bits per heavy atom. The summed E-state index contributed by atoms with van der Waals surface area (Å²) in [6.45, 7) is 4.67. The summed E-state index contributed by atoms with van der Waals surface area (Å²) in [6.07, 6.45) is 6.34. The Balaban J connectivity index is 2.00. The summed E-state index contributed by atoms with van der Waals surface area (Å²) in [7, 11) is 2.05. The van der Waals surface area contributed by atoms with Gasteiger partial charge in [0.1, 0.15) is 5.82 Å². The van der Waals surface area contributed by atoms with E-state index < -0.39 is 0 Å². The van der Waals surface area contributed by atoms with Crippen molar-refractivity contribution in [1.29, 1.82) is 0 Å². The van der Waals surface area contributed by atoms with Crippen LogP contribution >= 0.6 is 11.6 Å². The van der Waals surface area contributed by atoms with Crippen molar-refractivity contribution in [3.63, 3.8) is 0 Å². The third-order valence-corrected chi connectivity index (χ3v) is 3.70. The molecule has 0 aliphatic rings. The SMILES string of the molecule is CCNCc1cc(N(C)CCc2ccncc2)ncc1Cl. The van der Waals surface area contributed by atoms with E-state index in [1.165, 1.54) is 5.56 Å². The minimum Gasteiger partial charge on any atom is -0.359 e. The van der Waals surface area contributed by atoms with Gasteiger partial charge in [0.25, 0.3) is 0 Å². The molecule has 112 valence electrons. The van der Waals surface area contributed by atoms with Crippen molar-refractivity contribution in [2.75, 3.05) is 25.0 Å². The molecule has 2 aromatic rings. The van der Waals surface area contributed by atoms with Gasteiger partial charge in [0, 0.05) is 38.7 Å². The lowest BCUT2D eigenvalue weighted by molar-refractivity contribution is 0.725. The number of hydrogen-bond acceptors (Lipinski definition) is 4. The van der Waals surface area contributed by atoms with E-state index in [1.807, 2.05) is 24.5 Å². The minimum absolute atomic E-state index is 0.710. The molecule has 2 rings (SSSR count). The lowest BCUT2D eigenvalue weighted by Crippen LogP contribution is -2.22. The quantitative estimate of drug-likeness (QED) is 0.854. The van der Waals surface area contributed by atoms with E-state index >= 15 is 0 Å². The Labute approximate surface area is 131 Å². The highest BCUT2D eigenvalue weighted by Crippen LogP contribution is 2.20. The first-order chi connectivity index (χ1) is 10.2. The highest BCUT2D eigenvalue weighted by Gasteiger charge is 2.07. The molecule has 2 aromatic heterocycles. The molecule has 0 amide bonds. The van der Waals surface area contributed by atoms with E-state index in [2.05, 4.69) is 40.2 Å². The molecular weight excluding hydrogens is 284 g/mol. The van der Waals surface area contributed by atoms with E-state index in [4.69, 9.17) is 11.6 Å². The first-order valence-electron chi connectivity index (χ1n) is 7.16. The predicted molar refractivity (Wildman–Crippen MR) is 87.8 cm³/mol. The molecular formula is C16H21ClN4. The van der Waals surface area contributed by atoms with Crippen LogP contribution in [-0.2, 0) is 13.0 Å². The van der Waals surface area contributed by atoms with Gasteiger partial charge in [-0.2, -0.15) is 0 Å². The van der Waals surface area contributed by atoms with Crippen molar-refractivity contribution in [1.82, 2.24) is 15.3 Å². The molecule has 21 heavy (non-hydrogen) atoms. The highest BCUT2D eigenvalue weighted by molar-refractivity contribution is 6.31. The Morgan fingerprint density at radius 3 is 2.76 bits per heavy atom. The van der Waals surface area contributed by atoms with E-state index in [-0.39, 0.29) is 0 Å². The van der Waals surface area contributed by atoms with Crippen LogP contribution in [0, 0.1) is 0 Å². The van der Waals surface area contributed by atoms with Crippen molar-refractivity contribution < 1.29 is 0 Å². The van der Waals surface area contributed by atoms with Crippen molar-refractivity contribution >= 4 is 17.4 Å². The number of likely N-dealkylation sites (N-methyl/N-ethyl adjacent to an activating group) is 1. The summed E-state index contributed by atoms with van der Waals surface area (Å²) in [6, 6.07) is 6.14. The summed E-state index contributed by atoms with van der Waals surface area (Å²) >= 11 is 6.18. The highest BCUT2D eigenvalue weighted by atomic mass is 35.5. The Bertz CT molecular complexity index is 559. The fourth-order valence-corrected chi connectivity index (χ4v) is 2.20. The molecule has 0 bridgehead atoms. The first kappa shape index (κ1) is 15.7. The molecule has 0 aromatic carbocycles. The standard InChI is InChI=1S/C16H21ClN4/c1-3-18-11-14-10-16(20-12-15(14)17)21(2)9-6-13-4-7-19-8-5-13/h4-5,7-8,10,12,18H,3,6,9,11H2,1-2H3. The molecule has 0 aliphatic carbocycles. The largest absolute Gasteiger partial charge is 0.359 e. The smallest absolute Gasteiger partial charge is 0.128 e. The Morgan fingerprint density at radius 2 is 2.05 bits per heavy atom. The van der Waals surface area contributed by atoms with Gasteiger partial charge in [-0.25, -0.2) is 4.98 Å². The monoisotopic (exact) mass is 304 g/mol. The molecule has 4 nitrogen and oxygen atoms in total. The van der Waals surface area contributed by atoms with Crippen LogP contribution in [0.15, 0.2) is 36.8 Å². The maximum atomic E-state index is 6.18. The minimum atomic E-state index is 0.710. The summed E-state index contributed by atoms with van der Waals surface area (Å²) < 4.78 is 0. The van der Waals surface area contributed by atoms with Crippen molar-refractivity contribution in [3.05, 3.63) is 52.9 Å². The van der Waals surface area contributed by atoms with Crippen LogP contribution < -0.4 is 10.2 Å². The van der Waals surface area contributed by atoms with Crippen LogP contribution in [0.4, 0.5) is 5.82 Å². The molecule has 1 N–H and O–H groups in total. The van der Waals surface area contributed by atoms with E-state index in [0.29, 0.717) is 5.02 Å². The topological polar surface area (TPSA) is 41.0 Å². The number of rotatable bonds is 7. The van der Waals surface area contributed by atoms with Gasteiger partial charge in [-0.1, -0.05) is 18.5 Å². The average Bonchev–Trinajstić information content (AvgIpc) is 2.53. The Hall–Kier alpha value is -1.65. The van der Waals surface area contributed by atoms with E-state index in [0.717, 1.165) is 37.4 Å². The zero-order chi connectivity index (χ0) is 15.1. The van der Waals surface area contributed by atoms with Crippen molar-refractivity contribution in [2.45, 2.75) is 19.9 Å². The normalized spacial score (nSPS) is 10.6. The van der Waals surface area contributed by atoms with Gasteiger partial charge in [0.2, 0.25) is 0 Å². The molecule has 0 radical (unpaired) electrons. The van der Waals surface area contributed by atoms with Gasteiger partial charge in [-0.05, 0) is 42.3 Å². The first-order valence-corrected chi connectivity index (χ1v) is 7.53. The lowest BCUT2D eigenvalue weighted by Gasteiger charge is -2.19. The molecule has 0 spiro atoms. The van der Waals surface area contributed by atoms with Gasteiger partial charge in [-0.15, -0.1) is 0 Å². The van der Waals surface area contributed by atoms with Gasteiger partial charge in [-0.3, -0.25) is 4.98 Å². The molecule has 0 fully saturated rings. The van der Waals surface area contributed by atoms with Crippen LogP contribution in [0.2, 0.25) is 5.02 Å². The molecule has 5 heteroatoms. The van der Waals surface area contributed by atoms with Gasteiger partial charge < -0.3 is 10.2 Å². The van der Waals surface area contributed by atoms with Gasteiger partial charge in [0.05, 0.1) is 5.02 Å². The zero-order valence-corrected chi connectivity index (χ0v) is 13.3. The Kier molecular flexibility index (Phi) is 5.96. The predicted octanol–water partition coefficient (Wildman–Crippen LogP) is 2.92. The summed E-state index contributed by atoms with van der Waals surface area (Å²) in [4.78, 5) is 10.6. The molecule has 0 unspecified atom stereocenters. The van der Waals surface area contributed by atoms with Crippen molar-refractivity contribution in [3.8, 4) is 0 Å². The number of nitrogens with one attached hydrogen (secondary N) is 1. The number of halogens is 1. The third-order valence-electron chi connectivity index (χ3n) is 3.36. The lowest BCUT2D eigenvalue weighted by atomic mass is 10.2. The second-order valence-electron chi connectivity index (χ2n) is 4.94. The fourth-order valence-electron chi connectivity index (χ4n) is 2.03. The number of nitrogens with zero attached hydrogens (tertiary/aromatic N) is 3. The van der Waals surface area contributed by atoms with Crippen LogP contribution in [0.3, 0.4) is 0 Å². The summed E-state index contributed by atoms with van der Waals surface area (Å²) in [5.41, 5.74) is 2.36. The van der Waals surface area contributed by atoms with Crippen LogP contribution in [0.25, 0.3) is 0 Å². The number of pyridine rings is 2. The van der Waals surface area contributed by atoms with Crippen LogP contribution in [-0.4, -0.2) is 30.1 Å². The number of aromatic nitrogens is 2. The maximum absolute atomic E-state index is 6.18. The van der Waals surface area contributed by atoms with E-state index in [1.54, 1.807) is 6.20 Å². The zero-order valence-electron chi connectivity index (χ0n) is 12.5. The summed E-state index contributed by atoms with van der Waals surface area (Å²) in [5.74, 6) is 0.946. The number of anilines is 1. The maximum Gasteiger partial charge on any atom is 0.128 e. The van der Waals surface area contributed by atoms with Crippen LogP contribution in [0.5, 0.6) is 0 Å².